The fourth-order valence-electron chi connectivity index (χ4n) is 1.90. The number of rotatable bonds is 4. The van der Waals surface area contributed by atoms with Gasteiger partial charge in [-0.15, -0.1) is 11.3 Å². The Morgan fingerprint density at radius 3 is 2.47 bits per heavy atom. The highest BCUT2D eigenvalue weighted by Gasteiger charge is 2.16. The summed E-state index contributed by atoms with van der Waals surface area (Å²) in [6.07, 6.45) is 0. The zero-order chi connectivity index (χ0) is 12.3. The van der Waals surface area contributed by atoms with Crippen molar-refractivity contribution in [3.63, 3.8) is 0 Å². The van der Waals surface area contributed by atoms with Gasteiger partial charge in [-0.3, -0.25) is 0 Å². The molecule has 0 bridgehead atoms. The third kappa shape index (κ3) is 2.73. The van der Waals surface area contributed by atoms with Crippen molar-refractivity contribution in [2.45, 2.75) is 19.9 Å². The molecule has 0 amide bonds. The van der Waals surface area contributed by atoms with Gasteiger partial charge in [0.1, 0.15) is 5.82 Å². The van der Waals surface area contributed by atoms with E-state index in [1.165, 1.54) is 22.6 Å². The van der Waals surface area contributed by atoms with E-state index >= 15 is 0 Å². The number of thiophene rings is 1. The summed E-state index contributed by atoms with van der Waals surface area (Å²) in [5.41, 5.74) is 2.39. The number of nitrogens with one attached hydrogen (secondary N) is 1. The van der Waals surface area contributed by atoms with Crippen LogP contribution in [0.25, 0.3) is 0 Å². The van der Waals surface area contributed by atoms with Gasteiger partial charge < -0.3 is 5.32 Å². The molecule has 0 saturated heterocycles. The third-order valence-corrected chi connectivity index (χ3v) is 3.86. The molecule has 0 radical (unpaired) electrons. The molecule has 0 spiro atoms. The van der Waals surface area contributed by atoms with Gasteiger partial charge in [0.25, 0.3) is 0 Å². The van der Waals surface area contributed by atoms with Crippen LogP contribution in [0.2, 0.25) is 0 Å². The first-order valence-electron chi connectivity index (χ1n) is 5.75. The Hall–Kier alpha value is -1.19. The molecule has 1 nitrogen and oxygen atoms in total. The van der Waals surface area contributed by atoms with E-state index in [0.29, 0.717) is 0 Å². The van der Waals surface area contributed by atoms with E-state index in [2.05, 4.69) is 30.6 Å². The molecule has 2 rings (SSSR count). The second-order valence-corrected chi connectivity index (χ2v) is 4.96. The van der Waals surface area contributed by atoms with E-state index in [0.717, 1.165) is 12.1 Å². The minimum atomic E-state index is -0.188. The van der Waals surface area contributed by atoms with Crippen LogP contribution in [0.1, 0.15) is 29.0 Å². The minimum absolute atomic E-state index is 0.167. The molecule has 1 heterocycles. The molecule has 1 aromatic carbocycles. The van der Waals surface area contributed by atoms with Crippen molar-refractivity contribution >= 4 is 11.3 Å². The van der Waals surface area contributed by atoms with Crippen molar-refractivity contribution in [1.29, 1.82) is 0 Å². The maximum absolute atomic E-state index is 12.9. The SMILES string of the molecule is CCNC(c1ccc(F)cc1)c1sccc1C. The Morgan fingerprint density at radius 1 is 1.24 bits per heavy atom. The Balaban J connectivity index is 2.35. The van der Waals surface area contributed by atoms with Gasteiger partial charge in [-0.2, -0.15) is 0 Å². The molecular formula is C14H16FNS. The van der Waals surface area contributed by atoms with Crippen LogP contribution < -0.4 is 5.32 Å². The summed E-state index contributed by atoms with van der Waals surface area (Å²) in [5, 5.41) is 5.55. The summed E-state index contributed by atoms with van der Waals surface area (Å²) in [6.45, 7) is 5.08. The summed E-state index contributed by atoms with van der Waals surface area (Å²) >= 11 is 1.74. The molecule has 1 N–H and O–H groups in total. The highest BCUT2D eigenvalue weighted by molar-refractivity contribution is 7.10. The lowest BCUT2D eigenvalue weighted by molar-refractivity contribution is 0.616. The van der Waals surface area contributed by atoms with E-state index in [1.54, 1.807) is 11.3 Å². The third-order valence-electron chi connectivity index (χ3n) is 2.78. The van der Waals surface area contributed by atoms with Crippen LogP contribution >= 0.6 is 11.3 Å². The van der Waals surface area contributed by atoms with Crippen molar-refractivity contribution in [3.05, 3.63) is 57.5 Å². The number of halogens is 1. The predicted octanol–water partition coefficient (Wildman–Crippen LogP) is 3.89. The molecule has 0 aliphatic rings. The monoisotopic (exact) mass is 249 g/mol. The molecule has 1 aromatic heterocycles. The van der Waals surface area contributed by atoms with Crippen LogP contribution in [0.4, 0.5) is 4.39 Å². The van der Waals surface area contributed by atoms with Crippen molar-refractivity contribution in [3.8, 4) is 0 Å². The molecule has 2 aromatic rings. The lowest BCUT2D eigenvalue weighted by Gasteiger charge is -2.18. The fourth-order valence-corrected chi connectivity index (χ4v) is 2.93. The normalized spacial score (nSPS) is 12.6. The zero-order valence-electron chi connectivity index (χ0n) is 10.0. The largest absolute Gasteiger partial charge is 0.306 e. The average Bonchev–Trinajstić information content (AvgIpc) is 2.74. The maximum atomic E-state index is 12.9. The Kier molecular flexibility index (Phi) is 3.92. The Labute approximate surface area is 105 Å². The van der Waals surface area contributed by atoms with E-state index in [-0.39, 0.29) is 11.9 Å². The van der Waals surface area contributed by atoms with Gasteiger partial charge in [-0.1, -0.05) is 19.1 Å². The molecule has 0 saturated carbocycles. The summed E-state index contributed by atoms with van der Waals surface area (Å²) in [6, 6.07) is 9.02. The van der Waals surface area contributed by atoms with Crippen molar-refractivity contribution in [2.75, 3.05) is 6.54 Å². The van der Waals surface area contributed by atoms with E-state index < -0.39 is 0 Å². The first-order valence-corrected chi connectivity index (χ1v) is 6.63. The minimum Gasteiger partial charge on any atom is -0.306 e. The maximum Gasteiger partial charge on any atom is 0.123 e. The van der Waals surface area contributed by atoms with Crippen LogP contribution in [0.5, 0.6) is 0 Å². The predicted molar refractivity (Wildman–Crippen MR) is 71.0 cm³/mol. The van der Waals surface area contributed by atoms with E-state index in [1.807, 2.05) is 12.1 Å². The van der Waals surface area contributed by atoms with Gasteiger partial charge in [0.05, 0.1) is 6.04 Å². The van der Waals surface area contributed by atoms with Crippen LogP contribution in [0.3, 0.4) is 0 Å². The van der Waals surface area contributed by atoms with Gasteiger partial charge in [0, 0.05) is 4.88 Å². The molecule has 0 aliphatic carbocycles. The summed E-state index contributed by atoms with van der Waals surface area (Å²) in [7, 11) is 0. The smallest absolute Gasteiger partial charge is 0.123 e. The summed E-state index contributed by atoms with van der Waals surface area (Å²) in [4.78, 5) is 1.30. The lowest BCUT2D eigenvalue weighted by atomic mass is 10.0. The quantitative estimate of drug-likeness (QED) is 0.866. The molecule has 0 fully saturated rings. The standard InChI is InChI=1S/C14H16FNS/c1-3-16-13(14-10(2)8-9-17-14)11-4-6-12(15)7-5-11/h4-9,13,16H,3H2,1-2H3. The average molecular weight is 249 g/mol. The molecule has 0 aliphatic heterocycles. The van der Waals surface area contributed by atoms with Gasteiger partial charge >= 0.3 is 0 Å². The van der Waals surface area contributed by atoms with Crippen molar-refractivity contribution < 1.29 is 4.39 Å². The molecule has 17 heavy (non-hydrogen) atoms. The number of benzene rings is 1. The number of aryl methyl sites for hydroxylation is 1. The highest BCUT2D eigenvalue weighted by atomic mass is 32.1. The van der Waals surface area contributed by atoms with Gasteiger partial charge in [0.15, 0.2) is 0 Å². The van der Waals surface area contributed by atoms with E-state index in [4.69, 9.17) is 0 Å². The zero-order valence-corrected chi connectivity index (χ0v) is 10.9. The first kappa shape index (κ1) is 12.3. The summed E-state index contributed by atoms with van der Waals surface area (Å²) < 4.78 is 12.9. The second kappa shape index (κ2) is 5.43. The van der Waals surface area contributed by atoms with Crippen LogP contribution in [-0.4, -0.2) is 6.54 Å². The van der Waals surface area contributed by atoms with Crippen LogP contribution in [0.15, 0.2) is 35.7 Å². The van der Waals surface area contributed by atoms with Gasteiger partial charge in [-0.25, -0.2) is 4.39 Å². The topological polar surface area (TPSA) is 12.0 Å². The van der Waals surface area contributed by atoms with Crippen molar-refractivity contribution in [2.24, 2.45) is 0 Å². The van der Waals surface area contributed by atoms with Crippen LogP contribution in [0, 0.1) is 12.7 Å². The first-order chi connectivity index (χ1) is 8.22. The molecule has 1 atom stereocenters. The fraction of sp³-hybridized carbons (Fsp3) is 0.286. The van der Waals surface area contributed by atoms with E-state index in [9.17, 15) is 4.39 Å². The molecule has 90 valence electrons. The Morgan fingerprint density at radius 2 is 1.94 bits per heavy atom. The Bertz CT molecular complexity index is 475. The molecular weight excluding hydrogens is 233 g/mol. The van der Waals surface area contributed by atoms with Gasteiger partial charge in [-0.05, 0) is 48.2 Å². The second-order valence-electron chi connectivity index (χ2n) is 4.01. The van der Waals surface area contributed by atoms with Gasteiger partial charge in [0.2, 0.25) is 0 Å². The molecule has 3 heteroatoms. The van der Waals surface area contributed by atoms with Crippen LogP contribution in [-0.2, 0) is 0 Å². The number of hydrogen-bond donors (Lipinski definition) is 1. The number of hydrogen-bond acceptors (Lipinski definition) is 2. The molecule has 1 unspecified atom stereocenters. The van der Waals surface area contributed by atoms with Crippen molar-refractivity contribution in [1.82, 2.24) is 5.32 Å². The summed E-state index contributed by atoms with van der Waals surface area (Å²) in [5.74, 6) is -0.188. The highest BCUT2D eigenvalue weighted by Crippen LogP contribution is 2.29. The lowest BCUT2D eigenvalue weighted by Crippen LogP contribution is -2.21.